The van der Waals surface area contributed by atoms with Crippen molar-refractivity contribution < 1.29 is 19.0 Å². The van der Waals surface area contributed by atoms with Crippen molar-refractivity contribution >= 4 is 23.2 Å². The van der Waals surface area contributed by atoms with Gasteiger partial charge in [0.1, 0.15) is 18.1 Å². The molecule has 0 fully saturated rings. The van der Waals surface area contributed by atoms with Crippen molar-refractivity contribution in [2.45, 2.75) is 0 Å². The number of hydrogen-bond donors (Lipinski definition) is 1. The maximum atomic E-state index is 12.4. The quantitative estimate of drug-likeness (QED) is 0.409. The minimum atomic E-state index is -0.308. The van der Waals surface area contributed by atoms with Gasteiger partial charge in [-0.05, 0) is 48.5 Å². The second-order valence-electron chi connectivity index (χ2n) is 6.64. The van der Waals surface area contributed by atoms with Gasteiger partial charge in [0, 0.05) is 16.7 Å². The van der Waals surface area contributed by atoms with E-state index in [1.54, 1.807) is 42.0 Å². The van der Waals surface area contributed by atoms with Crippen LogP contribution in [0.3, 0.4) is 0 Å². The summed E-state index contributed by atoms with van der Waals surface area (Å²) in [5.41, 5.74) is 1.78. The molecule has 4 rings (SSSR count). The number of fused-ring (bicyclic) bond motifs is 1. The molecule has 0 unspecified atom stereocenters. The van der Waals surface area contributed by atoms with Crippen LogP contribution in [0, 0.1) is 0 Å². The number of benzene rings is 2. The Bertz CT molecular complexity index is 1240. The fourth-order valence-electron chi connectivity index (χ4n) is 3.04. The number of nitrogens with one attached hydrogen (secondary N) is 1. The first-order chi connectivity index (χ1) is 15.6. The number of hydrogen-bond acceptors (Lipinski definition) is 7. The van der Waals surface area contributed by atoms with Crippen LogP contribution in [0.2, 0.25) is 5.02 Å². The second-order valence-corrected chi connectivity index (χ2v) is 7.08. The molecule has 164 valence electrons. The minimum absolute atomic E-state index is 0.215. The fraction of sp³-hybridized carbons (Fsp3) is 0.182. The van der Waals surface area contributed by atoms with E-state index in [4.69, 9.17) is 25.8 Å². The Hall–Kier alpha value is -3.85. The van der Waals surface area contributed by atoms with E-state index in [0.717, 1.165) is 11.3 Å². The topological polar surface area (TPSA) is 99.9 Å². The van der Waals surface area contributed by atoms with Crippen LogP contribution in [-0.2, 0) is 0 Å². The van der Waals surface area contributed by atoms with Gasteiger partial charge >= 0.3 is 0 Å². The van der Waals surface area contributed by atoms with E-state index in [1.807, 2.05) is 24.3 Å². The molecule has 2 aromatic carbocycles. The van der Waals surface area contributed by atoms with E-state index in [-0.39, 0.29) is 19.1 Å². The van der Waals surface area contributed by atoms with Gasteiger partial charge in [0.25, 0.3) is 5.91 Å². The highest BCUT2D eigenvalue weighted by Gasteiger charge is 2.13. The monoisotopic (exact) mass is 453 g/mol. The van der Waals surface area contributed by atoms with Crippen LogP contribution in [0.25, 0.3) is 17.0 Å². The molecule has 4 aromatic rings. The third kappa shape index (κ3) is 4.57. The molecule has 1 amide bonds. The molecule has 1 N–H and O–H groups in total. The maximum absolute atomic E-state index is 12.4. The highest BCUT2D eigenvalue weighted by Crippen LogP contribution is 2.23. The van der Waals surface area contributed by atoms with Crippen LogP contribution >= 0.6 is 11.6 Å². The van der Waals surface area contributed by atoms with E-state index >= 15 is 0 Å². The largest absolute Gasteiger partial charge is 0.497 e. The van der Waals surface area contributed by atoms with Crippen molar-refractivity contribution in [3.63, 3.8) is 0 Å². The summed E-state index contributed by atoms with van der Waals surface area (Å²) in [5.74, 6) is 1.84. The average Bonchev–Trinajstić information content (AvgIpc) is 3.25. The van der Waals surface area contributed by atoms with E-state index in [2.05, 4.69) is 20.6 Å². The lowest BCUT2D eigenvalue weighted by molar-refractivity contribution is 0.0943. The first-order valence-electron chi connectivity index (χ1n) is 9.70. The van der Waals surface area contributed by atoms with Crippen LogP contribution in [-0.4, -0.2) is 53.1 Å². The van der Waals surface area contributed by atoms with Gasteiger partial charge in [-0.2, -0.15) is 4.52 Å². The molecule has 32 heavy (non-hydrogen) atoms. The zero-order chi connectivity index (χ0) is 22.5. The van der Waals surface area contributed by atoms with Crippen LogP contribution < -0.4 is 19.5 Å². The number of halogens is 1. The van der Waals surface area contributed by atoms with E-state index in [1.165, 1.54) is 7.11 Å². The number of aromatic nitrogens is 4. The van der Waals surface area contributed by atoms with Crippen molar-refractivity contribution in [2.75, 3.05) is 27.4 Å². The van der Waals surface area contributed by atoms with Gasteiger partial charge < -0.3 is 19.5 Å². The lowest BCUT2D eigenvalue weighted by Gasteiger charge is -2.10. The first kappa shape index (κ1) is 21.4. The highest BCUT2D eigenvalue weighted by atomic mass is 35.5. The second kappa shape index (κ2) is 9.52. The van der Waals surface area contributed by atoms with Gasteiger partial charge in [-0.3, -0.25) is 4.79 Å². The van der Waals surface area contributed by atoms with Gasteiger partial charge in [-0.15, -0.1) is 15.3 Å². The summed E-state index contributed by atoms with van der Waals surface area (Å²) in [5, 5.41) is 16.0. The smallest absolute Gasteiger partial charge is 0.255 e. The Morgan fingerprint density at radius 1 is 1.03 bits per heavy atom. The summed E-state index contributed by atoms with van der Waals surface area (Å²) in [6, 6.07) is 15.8. The highest BCUT2D eigenvalue weighted by molar-refractivity contribution is 6.31. The number of carbonyl (C=O) groups excluding carboxylic acids is 1. The Morgan fingerprint density at radius 3 is 2.59 bits per heavy atom. The lowest BCUT2D eigenvalue weighted by Crippen LogP contribution is -2.28. The SMILES string of the molecule is COc1ccc(-c2nnc3ccc(OCCNC(=O)c4cc(Cl)ccc4OC)nn23)cc1. The van der Waals surface area contributed by atoms with Gasteiger partial charge in [-0.25, -0.2) is 0 Å². The average molecular weight is 454 g/mol. The molecular formula is C22H20ClN5O4. The third-order valence-corrected chi connectivity index (χ3v) is 4.87. The van der Waals surface area contributed by atoms with Crippen molar-refractivity contribution in [1.82, 2.24) is 25.1 Å². The molecule has 0 atom stereocenters. The van der Waals surface area contributed by atoms with Crippen LogP contribution in [0.15, 0.2) is 54.6 Å². The lowest BCUT2D eigenvalue weighted by atomic mass is 10.2. The van der Waals surface area contributed by atoms with Crippen molar-refractivity contribution in [1.29, 1.82) is 0 Å². The number of amides is 1. The Balaban J connectivity index is 1.40. The van der Waals surface area contributed by atoms with E-state index in [9.17, 15) is 4.79 Å². The zero-order valence-corrected chi connectivity index (χ0v) is 18.2. The molecule has 0 aliphatic rings. The molecule has 2 aromatic heterocycles. The summed E-state index contributed by atoms with van der Waals surface area (Å²) >= 11 is 5.98. The molecule has 0 radical (unpaired) electrons. The molecule has 0 aliphatic carbocycles. The maximum Gasteiger partial charge on any atom is 0.255 e. The van der Waals surface area contributed by atoms with E-state index < -0.39 is 0 Å². The molecule has 0 saturated heterocycles. The molecule has 0 spiro atoms. The minimum Gasteiger partial charge on any atom is -0.497 e. The molecule has 2 heterocycles. The van der Waals surface area contributed by atoms with Crippen molar-refractivity contribution in [3.05, 3.63) is 65.2 Å². The van der Waals surface area contributed by atoms with Crippen molar-refractivity contribution in [3.8, 4) is 28.8 Å². The third-order valence-electron chi connectivity index (χ3n) is 4.63. The fourth-order valence-corrected chi connectivity index (χ4v) is 3.21. The predicted molar refractivity (Wildman–Crippen MR) is 119 cm³/mol. The van der Waals surface area contributed by atoms with Gasteiger partial charge in [0.2, 0.25) is 5.88 Å². The van der Waals surface area contributed by atoms with Crippen LogP contribution in [0.4, 0.5) is 0 Å². The number of ether oxygens (including phenoxy) is 3. The molecular weight excluding hydrogens is 434 g/mol. The number of methoxy groups -OCH3 is 2. The normalized spacial score (nSPS) is 10.7. The Morgan fingerprint density at radius 2 is 1.84 bits per heavy atom. The number of carbonyl (C=O) groups is 1. The van der Waals surface area contributed by atoms with Crippen LogP contribution in [0.5, 0.6) is 17.4 Å². The van der Waals surface area contributed by atoms with Gasteiger partial charge in [0.15, 0.2) is 11.5 Å². The van der Waals surface area contributed by atoms with Gasteiger partial charge in [-0.1, -0.05) is 11.6 Å². The summed E-state index contributed by atoms with van der Waals surface area (Å²) in [4.78, 5) is 12.4. The van der Waals surface area contributed by atoms with Crippen LogP contribution in [0.1, 0.15) is 10.4 Å². The summed E-state index contributed by atoms with van der Waals surface area (Å²) < 4.78 is 17.7. The van der Waals surface area contributed by atoms with E-state index in [0.29, 0.717) is 33.7 Å². The first-order valence-corrected chi connectivity index (χ1v) is 10.1. The number of nitrogens with zero attached hydrogens (tertiary/aromatic N) is 4. The summed E-state index contributed by atoms with van der Waals surface area (Å²) in [7, 11) is 3.11. The number of rotatable bonds is 8. The predicted octanol–water partition coefficient (Wildman–Crippen LogP) is 3.27. The van der Waals surface area contributed by atoms with Crippen molar-refractivity contribution in [2.24, 2.45) is 0 Å². The Labute approximate surface area is 188 Å². The Kier molecular flexibility index (Phi) is 6.37. The zero-order valence-electron chi connectivity index (χ0n) is 17.4. The van der Waals surface area contributed by atoms with Gasteiger partial charge in [0.05, 0.1) is 26.3 Å². The molecule has 0 bridgehead atoms. The molecule has 9 nitrogen and oxygen atoms in total. The standard InChI is InChI=1S/C22H20ClN5O4/c1-30-16-6-3-14(4-7-16)21-26-25-19-9-10-20(27-28(19)21)32-12-11-24-22(29)17-13-15(23)5-8-18(17)31-2/h3-10,13H,11-12H2,1-2H3,(H,24,29). The molecule has 10 heteroatoms. The summed E-state index contributed by atoms with van der Waals surface area (Å²) in [6.45, 7) is 0.481. The molecule has 0 saturated carbocycles. The summed E-state index contributed by atoms with van der Waals surface area (Å²) in [6.07, 6.45) is 0. The molecule has 0 aliphatic heterocycles.